The third-order valence-electron chi connectivity index (χ3n) is 3.86. The zero-order valence-corrected chi connectivity index (χ0v) is 10.8. The molecule has 1 aromatic heterocycles. The molecule has 1 aliphatic heterocycles. The van der Waals surface area contributed by atoms with Crippen molar-refractivity contribution in [3.8, 4) is 0 Å². The predicted molar refractivity (Wildman–Crippen MR) is 70.5 cm³/mol. The molecule has 1 aliphatic carbocycles. The van der Waals surface area contributed by atoms with E-state index in [2.05, 4.69) is 14.9 Å². The Bertz CT molecular complexity index is 446. The van der Waals surface area contributed by atoms with Gasteiger partial charge in [-0.05, 0) is 32.6 Å². The highest BCUT2D eigenvalue weighted by atomic mass is 16.3. The molecule has 2 fully saturated rings. The molecule has 3 rings (SSSR count). The SMILES string of the molecule is CC1(O)CCN(c2cc(N)nc(C3CC3)n2)CC1. The maximum Gasteiger partial charge on any atom is 0.136 e. The van der Waals surface area contributed by atoms with Crippen LogP contribution in [0.3, 0.4) is 0 Å². The number of aliphatic hydroxyl groups is 1. The monoisotopic (exact) mass is 248 g/mol. The Labute approximate surface area is 107 Å². The Hall–Kier alpha value is -1.36. The van der Waals surface area contributed by atoms with Gasteiger partial charge in [-0.2, -0.15) is 0 Å². The molecule has 2 heterocycles. The number of nitrogens with zero attached hydrogens (tertiary/aromatic N) is 3. The molecule has 0 atom stereocenters. The van der Waals surface area contributed by atoms with Crippen molar-refractivity contribution in [2.24, 2.45) is 0 Å². The first-order valence-electron chi connectivity index (χ1n) is 6.65. The Balaban J connectivity index is 1.79. The molecule has 1 saturated carbocycles. The number of aromatic nitrogens is 2. The largest absolute Gasteiger partial charge is 0.390 e. The summed E-state index contributed by atoms with van der Waals surface area (Å²) in [6, 6.07) is 1.84. The average Bonchev–Trinajstić information content (AvgIpc) is 3.11. The van der Waals surface area contributed by atoms with Crippen molar-refractivity contribution in [3.63, 3.8) is 0 Å². The second-order valence-electron chi connectivity index (χ2n) is 5.77. The fraction of sp³-hybridized carbons (Fsp3) is 0.692. The quantitative estimate of drug-likeness (QED) is 0.824. The number of hydrogen-bond acceptors (Lipinski definition) is 5. The minimum Gasteiger partial charge on any atom is -0.390 e. The van der Waals surface area contributed by atoms with Crippen molar-refractivity contribution >= 4 is 11.6 Å². The highest BCUT2D eigenvalue weighted by molar-refractivity contribution is 5.48. The van der Waals surface area contributed by atoms with E-state index >= 15 is 0 Å². The van der Waals surface area contributed by atoms with Gasteiger partial charge in [0.05, 0.1) is 5.60 Å². The van der Waals surface area contributed by atoms with Gasteiger partial charge in [-0.1, -0.05) is 0 Å². The Kier molecular flexibility index (Phi) is 2.66. The van der Waals surface area contributed by atoms with E-state index < -0.39 is 5.60 Å². The Morgan fingerprint density at radius 3 is 2.61 bits per heavy atom. The van der Waals surface area contributed by atoms with Crippen LogP contribution in [0.25, 0.3) is 0 Å². The van der Waals surface area contributed by atoms with Gasteiger partial charge >= 0.3 is 0 Å². The Morgan fingerprint density at radius 1 is 1.33 bits per heavy atom. The van der Waals surface area contributed by atoms with Crippen LogP contribution in [0.15, 0.2) is 6.07 Å². The van der Waals surface area contributed by atoms with E-state index in [-0.39, 0.29) is 0 Å². The van der Waals surface area contributed by atoms with Crippen molar-refractivity contribution in [3.05, 3.63) is 11.9 Å². The summed E-state index contributed by atoms with van der Waals surface area (Å²) < 4.78 is 0. The minimum atomic E-state index is -0.533. The van der Waals surface area contributed by atoms with Gasteiger partial charge in [-0.25, -0.2) is 9.97 Å². The standard InChI is InChI=1S/C13H20N4O/c1-13(18)4-6-17(7-5-13)11-8-10(14)15-12(16-11)9-2-3-9/h8-9,18H,2-7H2,1H3,(H2,14,15,16). The summed E-state index contributed by atoms with van der Waals surface area (Å²) >= 11 is 0. The number of piperidine rings is 1. The molecule has 5 nitrogen and oxygen atoms in total. The molecule has 0 radical (unpaired) electrons. The third kappa shape index (κ3) is 2.41. The van der Waals surface area contributed by atoms with Crippen LogP contribution in [0.5, 0.6) is 0 Å². The van der Waals surface area contributed by atoms with Gasteiger partial charge in [-0.3, -0.25) is 0 Å². The molecule has 0 bridgehead atoms. The van der Waals surface area contributed by atoms with Crippen molar-refractivity contribution in [1.82, 2.24) is 9.97 Å². The maximum atomic E-state index is 9.96. The molecule has 0 unspecified atom stereocenters. The van der Waals surface area contributed by atoms with Crippen LogP contribution in [0, 0.1) is 0 Å². The molecule has 5 heteroatoms. The third-order valence-corrected chi connectivity index (χ3v) is 3.86. The maximum absolute atomic E-state index is 9.96. The fourth-order valence-corrected chi connectivity index (χ4v) is 2.38. The fourth-order valence-electron chi connectivity index (χ4n) is 2.38. The van der Waals surface area contributed by atoms with Gasteiger partial charge in [0.2, 0.25) is 0 Å². The highest BCUT2D eigenvalue weighted by Gasteiger charge is 2.30. The number of anilines is 2. The lowest BCUT2D eigenvalue weighted by atomic mass is 9.94. The number of nitrogen functional groups attached to an aromatic ring is 1. The Morgan fingerprint density at radius 2 is 2.00 bits per heavy atom. The minimum absolute atomic E-state index is 0.514. The van der Waals surface area contributed by atoms with E-state index in [1.54, 1.807) is 0 Å². The number of nitrogens with two attached hydrogens (primary N) is 1. The summed E-state index contributed by atoms with van der Waals surface area (Å²) in [5.74, 6) is 2.88. The zero-order chi connectivity index (χ0) is 12.8. The van der Waals surface area contributed by atoms with Crippen molar-refractivity contribution in [2.45, 2.75) is 44.1 Å². The smallest absolute Gasteiger partial charge is 0.136 e. The van der Waals surface area contributed by atoms with Gasteiger partial charge in [0, 0.05) is 25.1 Å². The normalized spacial score (nSPS) is 23.1. The van der Waals surface area contributed by atoms with Gasteiger partial charge in [0.25, 0.3) is 0 Å². The first-order valence-corrected chi connectivity index (χ1v) is 6.65. The molecule has 98 valence electrons. The summed E-state index contributed by atoms with van der Waals surface area (Å²) in [4.78, 5) is 11.1. The molecular weight excluding hydrogens is 228 g/mol. The van der Waals surface area contributed by atoms with E-state index in [0.29, 0.717) is 11.7 Å². The summed E-state index contributed by atoms with van der Waals surface area (Å²) in [7, 11) is 0. The van der Waals surface area contributed by atoms with E-state index in [0.717, 1.165) is 37.6 Å². The molecule has 18 heavy (non-hydrogen) atoms. The average molecular weight is 248 g/mol. The molecular formula is C13H20N4O. The highest BCUT2D eigenvalue weighted by Crippen LogP contribution is 2.39. The van der Waals surface area contributed by atoms with Crippen LogP contribution >= 0.6 is 0 Å². The van der Waals surface area contributed by atoms with Crippen LogP contribution in [0.1, 0.15) is 44.3 Å². The van der Waals surface area contributed by atoms with Crippen LogP contribution in [0.4, 0.5) is 11.6 Å². The lowest BCUT2D eigenvalue weighted by Crippen LogP contribution is -2.42. The van der Waals surface area contributed by atoms with Gasteiger partial charge < -0.3 is 15.7 Å². The molecule has 0 aromatic carbocycles. The van der Waals surface area contributed by atoms with E-state index in [1.807, 2.05) is 13.0 Å². The van der Waals surface area contributed by atoms with Crippen LogP contribution in [-0.2, 0) is 0 Å². The molecule has 0 spiro atoms. The second kappa shape index (κ2) is 4.09. The van der Waals surface area contributed by atoms with E-state index in [9.17, 15) is 5.11 Å². The topological polar surface area (TPSA) is 75.3 Å². The molecule has 0 amide bonds. The van der Waals surface area contributed by atoms with Gasteiger partial charge in [-0.15, -0.1) is 0 Å². The second-order valence-corrected chi connectivity index (χ2v) is 5.77. The summed E-state index contributed by atoms with van der Waals surface area (Å²) in [6.45, 7) is 3.55. The predicted octanol–water partition coefficient (Wildman–Crippen LogP) is 1.29. The summed E-state index contributed by atoms with van der Waals surface area (Å²) in [5.41, 5.74) is 5.32. The van der Waals surface area contributed by atoms with Gasteiger partial charge in [0.1, 0.15) is 17.5 Å². The van der Waals surface area contributed by atoms with Crippen molar-refractivity contribution in [2.75, 3.05) is 23.7 Å². The number of hydrogen-bond donors (Lipinski definition) is 2. The zero-order valence-electron chi connectivity index (χ0n) is 10.8. The first kappa shape index (κ1) is 11.7. The van der Waals surface area contributed by atoms with E-state index in [1.165, 1.54) is 12.8 Å². The molecule has 2 aliphatic rings. The van der Waals surface area contributed by atoms with Crippen LogP contribution in [0.2, 0.25) is 0 Å². The summed E-state index contributed by atoms with van der Waals surface area (Å²) in [5, 5.41) is 9.96. The van der Waals surface area contributed by atoms with Crippen LogP contribution in [-0.4, -0.2) is 33.8 Å². The lowest BCUT2D eigenvalue weighted by molar-refractivity contribution is 0.0350. The van der Waals surface area contributed by atoms with Crippen molar-refractivity contribution < 1.29 is 5.11 Å². The van der Waals surface area contributed by atoms with Crippen LogP contribution < -0.4 is 10.6 Å². The summed E-state index contributed by atoms with van der Waals surface area (Å²) in [6.07, 6.45) is 3.90. The lowest BCUT2D eigenvalue weighted by Gasteiger charge is -2.36. The van der Waals surface area contributed by atoms with Gasteiger partial charge in [0.15, 0.2) is 0 Å². The molecule has 1 saturated heterocycles. The first-order chi connectivity index (χ1) is 8.53. The molecule has 3 N–H and O–H groups in total. The molecule has 1 aromatic rings. The van der Waals surface area contributed by atoms with Crippen molar-refractivity contribution in [1.29, 1.82) is 0 Å². The van der Waals surface area contributed by atoms with E-state index in [4.69, 9.17) is 5.73 Å². The number of rotatable bonds is 2.